The van der Waals surface area contributed by atoms with Crippen molar-refractivity contribution in [2.24, 2.45) is 5.92 Å². The standard InChI is InChI=1S/C14H18N2O2/c1-8(2)9(3)15-10-5-6-11-12(7-10)14(18)16(4)13(11)17/h5-9,15H,1-4H3. The molecule has 0 radical (unpaired) electrons. The smallest absolute Gasteiger partial charge is 0.261 e. The van der Waals surface area contributed by atoms with Crippen molar-refractivity contribution >= 4 is 17.5 Å². The van der Waals surface area contributed by atoms with E-state index in [1.54, 1.807) is 12.1 Å². The molecule has 0 aromatic heterocycles. The average molecular weight is 246 g/mol. The highest BCUT2D eigenvalue weighted by molar-refractivity contribution is 6.21. The summed E-state index contributed by atoms with van der Waals surface area (Å²) in [5.74, 6) is 0.0487. The molecule has 0 bridgehead atoms. The Morgan fingerprint density at radius 1 is 1.06 bits per heavy atom. The number of benzene rings is 1. The van der Waals surface area contributed by atoms with Gasteiger partial charge in [-0.25, -0.2) is 0 Å². The number of nitrogens with one attached hydrogen (secondary N) is 1. The van der Waals surface area contributed by atoms with Crippen molar-refractivity contribution in [2.75, 3.05) is 12.4 Å². The van der Waals surface area contributed by atoms with E-state index in [1.165, 1.54) is 7.05 Å². The second-order valence-electron chi connectivity index (χ2n) is 5.11. The quantitative estimate of drug-likeness (QED) is 0.833. The largest absolute Gasteiger partial charge is 0.382 e. The lowest BCUT2D eigenvalue weighted by molar-refractivity contribution is 0.0693. The number of carbonyl (C=O) groups is 2. The number of anilines is 1. The maximum absolute atomic E-state index is 11.9. The van der Waals surface area contributed by atoms with E-state index in [9.17, 15) is 9.59 Å². The van der Waals surface area contributed by atoms with Crippen molar-refractivity contribution in [3.05, 3.63) is 29.3 Å². The first kappa shape index (κ1) is 12.6. The SMILES string of the molecule is CC(C)C(C)Nc1ccc2c(c1)C(=O)N(C)C2=O. The molecule has 1 unspecified atom stereocenters. The van der Waals surface area contributed by atoms with Gasteiger partial charge in [0.2, 0.25) is 0 Å². The van der Waals surface area contributed by atoms with Gasteiger partial charge in [0, 0.05) is 18.8 Å². The van der Waals surface area contributed by atoms with E-state index in [0.717, 1.165) is 10.6 Å². The molecule has 0 aliphatic carbocycles. The Labute approximate surface area is 107 Å². The third-order valence-corrected chi connectivity index (χ3v) is 3.48. The molecular weight excluding hydrogens is 228 g/mol. The zero-order valence-corrected chi connectivity index (χ0v) is 11.2. The maximum Gasteiger partial charge on any atom is 0.261 e. The molecule has 1 aromatic rings. The molecule has 0 saturated heterocycles. The Balaban J connectivity index is 2.29. The Hall–Kier alpha value is -1.84. The van der Waals surface area contributed by atoms with Crippen molar-refractivity contribution in [1.29, 1.82) is 0 Å². The molecular formula is C14H18N2O2. The molecule has 4 nitrogen and oxygen atoms in total. The van der Waals surface area contributed by atoms with Gasteiger partial charge in [0.1, 0.15) is 0 Å². The number of rotatable bonds is 3. The van der Waals surface area contributed by atoms with E-state index in [4.69, 9.17) is 0 Å². The van der Waals surface area contributed by atoms with Gasteiger partial charge in [-0.15, -0.1) is 0 Å². The number of fused-ring (bicyclic) bond motifs is 1. The Kier molecular flexibility index (Phi) is 3.11. The minimum atomic E-state index is -0.226. The van der Waals surface area contributed by atoms with Crippen molar-refractivity contribution in [3.8, 4) is 0 Å². The summed E-state index contributed by atoms with van der Waals surface area (Å²) >= 11 is 0. The molecule has 4 heteroatoms. The molecule has 2 amide bonds. The number of amides is 2. The highest BCUT2D eigenvalue weighted by Gasteiger charge is 2.32. The summed E-state index contributed by atoms with van der Waals surface area (Å²) in [7, 11) is 1.51. The summed E-state index contributed by atoms with van der Waals surface area (Å²) < 4.78 is 0. The van der Waals surface area contributed by atoms with Gasteiger partial charge in [0.25, 0.3) is 11.8 Å². The molecule has 2 rings (SSSR count). The second kappa shape index (κ2) is 4.44. The van der Waals surface area contributed by atoms with Crippen LogP contribution in [0.25, 0.3) is 0 Å². The summed E-state index contributed by atoms with van der Waals surface area (Å²) in [6, 6.07) is 5.64. The number of carbonyl (C=O) groups excluding carboxylic acids is 2. The van der Waals surface area contributed by atoms with Crippen LogP contribution < -0.4 is 5.32 Å². The van der Waals surface area contributed by atoms with Gasteiger partial charge in [0.05, 0.1) is 11.1 Å². The lowest BCUT2D eigenvalue weighted by Crippen LogP contribution is -2.24. The van der Waals surface area contributed by atoms with Crippen LogP contribution in [-0.4, -0.2) is 29.8 Å². The normalized spacial score (nSPS) is 16.2. The summed E-state index contributed by atoms with van der Waals surface area (Å²) in [6.45, 7) is 6.36. The summed E-state index contributed by atoms with van der Waals surface area (Å²) in [5, 5.41) is 3.34. The van der Waals surface area contributed by atoms with Crippen LogP contribution >= 0.6 is 0 Å². The third-order valence-electron chi connectivity index (χ3n) is 3.48. The molecule has 0 saturated carbocycles. The summed E-state index contributed by atoms with van der Waals surface area (Å²) in [5.41, 5.74) is 1.86. The summed E-state index contributed by atoms with van der Waals surface area (Å²) in [6.07, 6.45) is 0. The van der Waals surface area contributed by atoms with Crippen molar-refractivity contribution in [2.45, 2.75) is 26.8 Å². The molecule has 1 aromatic carbocycles. The molecule has 1 heterocycles. The fourth-order valence-corrected chi connectivity index (χ4v) is 1.88. The van der Waals surface area contributed by atoms with Crippen LogP contribution in [0.15, 0.2) is 18.2 Å². The Morgan fingerprint density at radius 2 is 1.67 bits per heavy atom. The molecule has 0 spiro atoms. The molecule has 1 atom stereocenters. The van der Waals surface area contributed by atoms with Crippen molar-refractivity contribution in [1.82, 2.24) is 4.90 Å². The first-order chi connectivity index (χ1) is 8.41. The summed E-state index contributed by atoms with van der Waals surface area (Å²) in [4.78, 5) is 24.7. The fourth-order valence-electron chi connectivity index (χ4n) is 1.88. The van der Waals surface area contributed by atoms with Gasteiger partial charge in [0.15, 0.2) is 0 Å². The fraction of sp³-hybridized carbons (Fsp3) is 0.429. The van der Waals surface area contributed by atoms with Crippen LogP contribution in [0.5, 0.6) is 0 Å². The zero-order valence-electron chi connectivity index (χ0n) is 11.2. The van der Waals surface area contributed by atoms with Crippen LogP contribution in [0.4, 0.5) is 5.69 Å². The second-order valence-corrected chi connectivity index (χ2v) is 5.11. The third kappa shape index (κ3) is 1.98. The molecule has 0 fully saturated rings. The van der Waals surface area contributed by atoms with E-state index < -0.39 is 0 Å². The van der Waals surface area contributed by atoms with Gasteiger partial charge in [-0.05, 0) is 31.0 Å². The predicted octanol–water partition coefficient (Wildman–Crippen LogP) is 2.37. The molecule has 1 aliphatic rings. The number of hydrogen-bond donors (Lipinski definition) is 1. The molecule has 18 heavy (non-hydrogen) atoms. The number of nitrogens with zero attached hydrogens (tertiary/aromatic N) is 1. The van der Waals surface area contributed by atoms with Gasteiger partial charge in [-0.1, -0.05) is 13.8 Å². The van der Waals surface area contributed by atoms with E-state index in [-0.39, 0.29) is 11.8 Å². The van der Waals surface area contributed by atoms with Gasteiger partial charge >= 0.3 is 0 Å². The molecule has 96 valence electrons. The maximum atomic E-state index is 11.9. The van der Waals surface area contributed by atoms with Crippen LogP contribution in [-0.2, 0) is 0 Å². The Morgan fingerprint density at radius 3 is 2.28 bits per heavy atom. The monoisotopic (exact) mass is 246 g/mol. The van der Waals surface area contributed by atoms with Gasteiger partial charge < -0.3 is 5.32 Å². The average Bonchev–Trinajstić information content (AvgIpc) is 2.54. The topological polar surface area (TPSA) is 49.4 Å². The number of imide groups is 1. The number of hydrogen-bond acceptors (Lipinski definition) is 3. The Bertz CT molecular complexity index is 509. The van der Waals surface area contributed by atoms with Gasteiger partial charge in [-0.2, -0.15) is 0 Å². The van der Waals surface area contributed by atoms with Gasteiger partial charge in [-0.3, -0.25) is 14.5 Å². The highest BCUT2D eigenvalue weighted by Crippen LogP contribution is 2.25. The van der Waals surface area contributed by atoms with E-state index in [2.05, 4.69) is 26.1 Å². The van der Waals surface area contributed by atoms with Crippen LogP contribution in [0, 0.1) is 5.92 Å². The minimum absolute atomic E-state index is 0.224. The van der Waals surface area contributed by atoms with E-state index in [0.29, 0.717) is 23.1 Å². The highest BCUT2D eigenvalue weighted by atomic mass is 16.2. The minimum Gasteiger partial charge on any atom is -0.382 e. The van der Waals surface area contributed by atoms with E-state index >= 15 is 0 Å². The molecule has 1 aliphatic heterocycles. The van der Waals surface area contributed by atoms with Crippen molar-refractivity contribution in [3.63, 3.8) is 0 Å². The molecule has 1 N–H and O–H groups in total. The first-order valence-electron chi connectivity index (χ1n) is 6.14. The van der Waals surface area contributed by atoms with Crippen LogP contribution in [0.1, 0.15) is 41.5 Å². The lowest BCUT2D eigenvalue weighted by Gasteiger charge is -2.19. The van der Waals surface area contributed by atoms with Crippen LogP contribution in [0.2, 0.25) is 0 Å². The van der Waals surface area contributed by atoms with E-state index in [1.807, 2.05) is 6.07 Å². The zero-order chi connectivity index (χ0) is 13.4. The first-order valence-corrected chi connectivity index (χ1v) is 6.14. The lowest BCUT2D eigenvalue weighted by atomic mass is 10.0. The predicted molar refractivity (Wildman–Crippen MR) is 70.8 cm³/mol. The van der Waals surface area contributed by atoms with Crippen LogP contribution in [0.3, 0.4) is 0 Å². The van der Waals surface area contributed by atoms with Crippen molar-refractivity contribution < 1.29 is 9.59 Å².